The fraction of sp³-hybridized carbons (Fsp3) is 0.333. The first-order valence-corrected chi connectivity index (χ1v) is 7.33. The Bertz CT molecular complexity index is 480. The van der Waals surface area contributed by atoms with Gasteiger partial charge >= 0.3 is 6.03 Å². The van der Waals surface area contributed by atoms with Crippen LogP contribution in [0, 0.1) is 0 Å². The number of urea groups is 1. The number of hydrogen-bond acceptors (Lipinski definition) is 3. The second-order valence-corrected chi connectivity index (χ2v) is 5.61. The predicted octanol–water partition coefficient (Wildman–Crippen LogP) is 2.86. The Morgan fingerprint density at radius 3 is 2.63 bits per heavy atom. The Labute approximate surface area is 128 Å². The number of amides is 3. The number of hydrogen-bond donors (Lipinski definition) is 3. The Morgan fingerprint density at radius 1 is 1.32 bits per heavy atom. The van der Waals surface area contributed by atoms with E-state index in [2.05, 4.69) is 47.8 Å². The smallest absolute Gasteiger partial charge is 0.321 e. The van der Waals surface area contributed by atoms with Crippen LogP contribution >= 0.6 is 31.9 Å². The zero-order valence-electron chi connectivity index (χ0n) is 10.6. The topological polar surface area (TPSA) is 70.2 Å². The lowest BCUT2D eigenvalue weighted by Crippen LogP contribution is -2.45. The fourth-order valence-corrected chi connectivity index (χ4v) is 2.05. The molecule has 0 aliphatic carbocycles. The molecule has 1 atom stereocenters. The monoisotopic (exact) mass is 391 g/mol. The summed E-state index contributed by atoms with van der Waals surface area (Å²) < 4.78 is 1.74. The van der Waals surface area contributed by atoms with Gasteiger partial charge in [0.2, 0.25) is 5.91 Å². The van der Waals surface area contributed by atoms with Crippen LogP contribution in [-0.2, 0) is 4.79 Å². The number of nitrogens with one attached hydrogen (secondary N) is 3. The highest BCUT2D eigenvalue weighted by Crippen LogP contribution is 2.26. The number of rotatable bonds is 4. The molecule has 0 heterocycles. The van der Waals surface area contributed by atoms with Crippen molar-refractivity contribution in [3.05, 3.63) is 27.1 Å². The molecule has 0 aliphatic rings. The summed E-state index contributed by atoms with van der Waals surface area (Å²) in [6.45, 7) is 3.93. The second-order valence-electron chi connectivity index (χ2n) is 3.84. The number of imide groups is 1. The van der Waals surface area contributed by atoms with E-state index in [-0.39, 0.29) is 0 Å². The van der Waals surface area contributed by atoms with Gasteiger partial charge in [0.05, 0.1) is 5.69 Å². The molecule has 0 fully saturated rings. The third-order valence-electron chi connectivity index (χ3n) is 2.27. The molecule has 1 aromatic carbocycles. The van der Waals surface area contributed by atoms with E-state index >= 15 is 0 Å². The van der Waals surface area contributed by atoms with E-state index in [1.54, 1.807) is 13.8 Å². The molecule has 0 saturated carbocycles. The first-order valence-electron chi connectivity index (χ1n) is 5.74. The molecule has 1 rings (SSSR count). The zero-order chi connectivity index (χ0) is 14.4. The van der Waals surface area contributed by atoms with Gasteiger partial charge in [-0.1, -0.05) is 15.9 Å². The number of halogens is 2. The Kier molecular flexibility index (Phi) is 6.30. The molecule has 19 heavy (non-hydrogen) atoms. The molecular formula is C12H15Br2N3O2. The summed E-state index contributed by atoms with van der Waals surface area (Å²) in [5.41, 5.74) is 0.771. The van der Waals surface area contributed by atoms with Crippen molar-refractivity contribution in [2.75, 3.05) is 11.9 Å². The molecule has 0 spiro atoms. The normalized spacial score (nSPS) is 11.6. The van der Waals surface area contributed by atoms with Crippen molar-refractivity contribution in [3.63, 3.8) is 0 Å². The first kappa shape index (κ1) is 16.0. The summed E-state index contributed by atoms with van der Waals surface area (Å²) in [6.07, 6.45) is 0. The summed E-state index contributed by atoms with van der Waals surface area (Å²) in [5.74, 6) is -0.391. The van der Waals surface area contributed by atoms with E-state index < -0.39 is 18.0 Å². The molecule has 3 amide bonds. The van der Waals surface area contributed by atoms with Crippen molar-refractivity contribution in [1.82, 2.24) is 10.6 Å². The van der Waals surface area contributed by atoms with Crippen molar-refractivity contribution >= 4 is 49.5 Å². The van der Waals surface area contributed by atoms with Crippen LogP contribution in [0.4, 0.5) is 10.5 Å². The molecule has 104 valence electrons. The van der Waals surface area contributed by atoms with Crippen molar-refractivity contribution in [2.24, 2.45) is 0 Å². The maximum Gasteiger partial charge on any atom is 0.321 e. The van der Waals surface area contributed by atoms with Crippen LogP contribution in [0.3, 0.4) is 0 Å². The highest BCUT2D eigenvalue weighted by molar-refractivity contribution is 9.11. The molecule has 0 aromatic heterocycles. The molecule has 0 radical (unpaired) electrons. The van der Waals surface area contributed by atoms with Crippen LogP contribution in [0.1, 0.15) is 13.8 Å². The molecular weight excluding hydrogens is 378 g/mol. The molecule has 1 unspecified atom stereocenters. The highest BCUT2D eigenvalue weighted by Gasteiger charge is 2.16. The number of carbonyl (C=O) groups is 2. The van der Waals surface area contributed by atoms with Gasteiger partial charge in [-0.2, -0.15) is 0 Å². The van der Waals surface area contributed by atoms with E-state index in [0.29, 0.717) is 6.54 Å². The van der Waals surface area contributed by atoms with Gasteiger partial charge in [0, 0.05) is 15.5 Å². The number of carbonyl (C=O) groups excluding carboxylic acids is 2. The lowest BCUT2D eigenvalue weighted by atomic mass is 10.2. The van der Waals surface area contributed by atoms with Gasteiger partial charge in [0.15, 0.2) is 0 Å². The third kappa shape index (κ3) is 5.20. The predicted molar refractivity (Wildman–Crippen MR) is 82.1 cm³/mol. The number of anilines is 1. The lowest BCUT2D eigenvalue weighted by molar-refractivity contribution is -0.120. The summed E-state index contributed by atoms with van der Waals surface area (Å²) >= 11 is 6.75. The standard InChI is InChI=1S/C12H15Br2N3O2/c1-3-15-12(19)17-11(18)7(2)16-10-6-8(13)4-5-9(10)14/h4-7,16H,3H2,1-2H3,(H2,15,17,18,19). The summed E-state index contributed by atoms with van der Waals surface area (Å²) in [7, 11) is 0. The lowest BCUT2D eigenvalue weighted by Gasteiger charge is -2.16. The van der Waals surface area contributed by atoms with Gasteiger partial charge < -0.3 is 10.6 Å². The van der Waals surface area contributed by atoms with Crippen LogP contribution in [0.25, 0.3) is 0 Å². The Morgan fingerprint density at radius 2 is 2.00 bits per heavy atom. The maximum absolute atomic E-state index is 11.8. The van der Waals surface area contributed by atoms with Gasteiger partial charge in [-0.05, 0) is 48.0 Å². The van der Waals surface area contributed by atoms with Gasteiger partial charge in [-0.25, -0.2) is 4.79 Å². The minimum Gasteiger partial charge on any atom is -0.373 e. The van der Waals surface area contributed by atoms with Crippen molar-refractivity contribution < 1.29 is 9.59 Å². The van der Waals surface area contributed by atoms with Gasteiger partial charge in [0.25, 0.3) is 0 Å². The van der Waals surface area contributed by atoms with Gasteiger partial charge in [-0.3, -0.25) is 10.1 Å². The van der Waals surface area contributed by atoms with Crippen LogP contribution < -0.4 is 16.0 Å². The number of benzene rings is 1. The van der Waals surface area contributed by atoms with E-state index in [9.17, 15) is 9.59 Å². The SMILES string of the molecule is CCNC(=O)NC(=O)C(C)Nc1cc(Br)ccc1Br. The van der Waals surface area contributed by atoms with Crippen LogP contribution in [-0.4, -0.2) is 24.5 Å². The van der Waals surface area contributed by atoms with Crippen molar-refractivity contribution in [3.8, 4) is 0 Å². The largest absolute Gasteiger partial charge is 0.373 e. The van der Waals surface area contributed by atoms with E-state index in [1.165, 1.54) is 0 Å². The average molecular weight is 393 g/mol. The van der Waals surface area contributed by atoms with Crippen molar-refractivity contribution in [2.45, 2.75) is 19.9 Å². The molecule has 0 bridgehead atoms. The van der Waals surface area contributed by atoms with Crippen LogP contribution in [0.5, 0.6) is 0 Å². The fourth-order valence-electron chi connectivity index (χ4n) is 1.33. The van der Waals surface area contributed by atoms with Gasteiger partial charge in [0.1, 0.15) is 6.04 Å². The van der Waals surface area contributed by atoms with E-state index in [0.717, 1.165) is 14.6 Å². The third-order valence-corrected chi connectivity index (χ3v) is 3.45. The molecule has 0 saturated heterocycles. The quantitative estimate of drug-likeness (QED) is 0.737. The highest BCUT2D eigenvalue weighted by atomic mass is 79.9. The molecule has 5 nitrogen and oxygen atoms in total. The van der Waals surface area contributed by atoms with Crippen LogP contribution in [0.2, 0.25) is 0 Å². The Hall–Kier alpha value is -1.08. The minimum atomic E-state index is -0.534. The second kappa shape index (κ2) is 7.49. The maximum atomic E-state index is 11.8. The molecule has 7 heteroatoms. The van der Waals surface area contributed by atoms with E-state index in [1.807, 2.05) is 18.2 Å². The summed E-state index contributed by atoms with van der Waals surface area (Å²) in [6, 6.07) is 4.57. The molecule has 3 N–H and O–H groups in total. The average Bonchev–Trinajstić information content (AvgIpc) is 2.34. The van der Waals surface area contributed by atoms with Crippen molar-refractivity contribution in [1.29, 1.82) is 0 Å². The van der Waals surface area contributed by atoms with E-state index in [4.69, 9.17) is 0 Å². The van der Waals surface area contributed by atoms with Gasteiger partial charge in [-0.15, -0.1) is 0 Å². The summed E-state index contributed by atoms with van der Waals surface area (Å²) in [5, 5.41) is 7.79. The van der Waals surface area contributed by atoms with Crippen LogP contribution in [0.15, 0.2) is 27.1 Å². The Balaban J connectivity index is 2.63. The zero-order valence-corrected chi connectivity index (χ0v) is 13.8. The first-order chi connectivity index (χ1) is 8.93. The minimum absolute atomic E-state index is 0.391. The molecule has 0 aliphatic heterocycles. The molecule has 1 aromatic rings. The summed E-state index contributed by atoms with van der Waals surface area (Å²) in [4.78, 5) is 23.0.